The lowest BCUT2D eigenvalue weighted by Crippen LogP contribution is -2.44. The predicted molar refractivity (Wildman–Crippen MR) is 107 cm³/mol. The smallest absolute Gasteiger partial charge is 0.374 e. The molecule has 3 aromatic rings. The van der Waals surface area contributed by atoms with Gasteiger partial charge in [-0.3, -0.25) is 9.20 Å². The van der Waals surface area contributed by atoms with Crippen molar-refractivity contribution >= 4 is 11.5 Å². The minimum atomic E-state index is -4.40. The zero-order valence-electron chi connectivity index (χ0n) is 17.2. The van der Waals surface area contributed by atoms with Crippen LogP contribution in [0.3, 0.4) is 0 Å². The Labute approximate surface area is 179 Å². The number of morpholine rings is 1. The molecule has 6 nitrogen and oxygen atoms in total. The van der Waals surface area contributed by atoms with E-state index in [9.17, 15) is 26.7 Å². The van der Waals surface area contributed by atoms with E-state index in [1.165, 1.54) is 16.7 Å². The van der Waals surface area contributed by atoms with Crippen LogP contribution in [0.5, 0.6) is 0 Å². The largest absolute Gasteiger partial charge is 0.391 e. The van der Waals surface area contributed by atoms with Crippen LogP contribution in [0.2, 0.25) is 0 Å². The second-order valence-corrected chi connectivity index (χ2v) is 7.65. The van der Waals surface area contributed by atoms with Gasteiger partial charge in [-0.15, -0.1) is 0 Å². The van der Waals surface area contributed by atoms with E-state index in [4.69, 9.17) is 4.74 Å². The lowest BCUT2D eigenvalue weighted by molar-refractivity contribution is -0.161. The van der Waals surface area contributed by atoms with Crippen molar-refractivity contribution in [1.29, 1.82) is 0 Å². The van der Waals surface area contributed by atoms with Crippen LogP contribution in [-0.4, -0.2) is 46.3 Å². The second kappa shape index (κ2) is 8.12. The number of fused-ring (bicyclic) bond motifs is 1. The third-order valence-electron chi connectivity index (χ3n) is 5.37. The number of benzene rings is 1. The van der Waals surface area contributed by atoms with Gasteiger partial charge in [0.1, 0.15) is 23.1 Å². The van der Waals surface area contributed by atoms with Gasteiger partial charge in [0, 0.05) is 36.0 Å². The number of ether oxygens (including phenoxy) is 1. The Morgan fingerprint density at radius 2 is 1.94 bits per heavy atom. The van der Waals surface area contributed by atoms with Crippen LogP contribution in [0.1, 0.15) is 17.7 Å². The number of aryl methyl sites for hydroxylation is 1. The fourth-order valence-corrected chi connectivity index (χ4v) is 3.65. The van der Waals surface area contributed by atoms with Gasteiger partial charge < -0.3 is 9.64 Å². The van der Waals surface area contributed by atoms with E-state index < -0.39 is 35.9 Å². The molecule has 0 bridgehead atoms. The Balaban J connectivity index is 1.88. The highest BCUT2D eigenvalue weighted by Crippen LogP contribution is 2.30. The summed E-state index contributed by atoms with van der Waals surface area (Å²) < 4.78 is 73.0. The van der Waals surface area contributed by atoms with Crippen LogP contribution in [0.15, 0.2) is 29.2 Å². The Bertz CT molecular complexity index is 1240. The molecular weight excluding hydrogens is 435 g/mol. The van der Waals surface area contributed by atoms with E-state index in [1.807, 2.05) is 0 Å². The van der Waals surface area contributed by atoms with E-state index in [-0.39, 0.29) is 42.4 Å². The van der Waals surface area contributed by atoms with E-state index >= 15 is 0 Å². The van der Waals surface area contributed by atoms with Gasteiger partial charge in [0.15, 0.2) is 5.65 Å². The zero-order valence-corrected chi connectivity index (χ0v) is 17.2. The summed E-state index contributed by atoms with van der Waals surface area (Å²) in [6, 6.07) is 2.92. The third kappa shape index (κ3) is 4.29. The minimum Gasteiger partial charge on any atom is -0.374 e. The molecule has 0 radical (unpaired) electrons. The summed E-state index contributed by atoms with van der Waals surface area (Å²) in [6.45, 7) is 3.35. The molecule has 11 heteroatoms. The number of aromatic nitrogens is 3. The number of anilines is 1. The van der Waals surface area contributed by atoms with Crippen molar-refractivity contribution in [3.05, 3.63) is 57.6 Å². The molecule has 1 atom stereocenters. The highest BCUT2D eigenvalue weighted by Gasteiger charge is 2.35. The number of hydrogen-bond donors (Lipinski definition) is 0. The van der Waals surface area contributed by atoms with Gasteiger partial charge in [-0.1, -0.05) is 0 Å². The fourth-order valence-electron chi connectivity index (χ4n) is 3.65. The highest BCUT2D eigenvalue weighted by molar-refractivity contribution is 5.76. The Kier molecular flexibility index (Phi) is 5.61. The van der Waals surface area contributed by atoms with E-state index in [1.54, 1.807) is 18.7 Å². The van der Waals surface area contributed by atoms with Crippen LogP contribution in [0, 0.1) is 25.5 Å². The first-order valence-corrected chi connectivity index (χ1v) is 9.83. The topological polar surface area (TPSA) is 59.7 Å². The van der Waals surface area contributed by atoms with Crippen molar-refractivity contribution in [1.82, 2.24) is 14.4 Å². The number of alkyl halides is 3. The van der Waals surface area contributed by atoms with Gasteiger partial charge >= 0.3 is 6.18 Å². The van der Waals surface area contributed by atoms with E-state index in [0.29, 0.717) is 17.3 Å². The molecule has 1 aliphatic rings. The molecule has 32 heavy (non-hydrogen) atoms. The molecule has 1 aromatic carbocycles. The molecule has 0 spiro atoms. The lowest BCUT2D eigenvalue weighted by Gasteiger charge is -2.34. The number of halogens is 5. The molecule has 2 aromatic heterocycles. The van der Waals surface area contributed by atoms with Crippen molar-refractivity contribution in [2.24, 2.45) is 0 Å². The SMILES string of the molecule is Cc1nc2c(-c3ccc(F)cc3F)nc(N3CCOC(CC(F)(F)F)C3)cn2c(=O)c1C. The van der Waals surface area contributed by atoms with Crippen LogP contribution < -0.4 is 10.5 Å². The molecule has 0 aliphatic carbocycles. The molecule has 1 fully saturated rings. The molecule has 1 unspecified atom stereocenters. The zero-order chi connectivity index (χ0) is 23.2. The summed E-state index contributed by atoms with van der Waals surface area (Å²) >= 11 is 0. The third-order valence-corrected chi connectivity index (χ3v) is 5.37. The number of hydrogen-bond acceptors (Lipinski definition) is 5. The van der Waals surface area contributed by atoms with E-state index in [0.717, 1.165) is 6.07 Å². The Morgan fingerprint density at radius 3 is 2.62 bits per heavy atom. The maximum absolute atomic E-state index is 14.6. The van der Waals surface area contributed by atoms with Gasteiger partial charge in [-0.2, -0.15) is 13.2 Å². The molecule has 4 rings (SSSR count). The Hall–Kier alpha value is -3.08. The quantitative estimate of drug-likeness (QED) is 0.564. The number of nitrogens with zero attached hydrogens (tertiary/aromatic N) is 4. The predicted octanol–water partition coefficient (Wildman–Crippen LogP) is 3.81. The van der Waals surface area contributed by atoms with Crippen molar-refractivity contribution in [3.63, 3.8) is 0 Å². The summed E-state index contributed by atoms with van der Waals surface area (Å²) in [5, 5.41) is 0. The van der Waals surface area contributed by atoms with Gasteiger partial charge in [0.2, 0.25) is 0 Å². The van der Waals surface area contributed by atoms with Crippen molar-refractivity contribution in [2.75, 3.05) is 24.6 Å². The first kappa shape index (κ1) is 22.1. The molecule has 170 valence electrons. The molecule has 1 saturated heterocycles. The average Bonchev–Trinajstić information content (AvgIpc) is 2.71. The first-order valence-electron chi connectivity index (χ1n) is 9.83. The maximum Gasteiger partial charge on any atom is 0.391 e. The second-order valence-electron chi connectivity index (χ2n) is 7.65. The average molecular weight is 454 g/mol. The van der Waals surface area contributed by atoms with E-state index in [2.05, 4.69) is 9.97 Å². The van der Waals surface area contributed by atoms with Gasteiger partial charge in [0.25, 0.3) is 5.56 Å². The van der Waals surface area contributed by atoms with Crippen molar-refractivity contribution < 1.29 is 26.7 Å². The van der Waals surface area contributed by atoms with Gasteiger partial charge in [-0.05, 0) is 26.0 Å². The monoisotopic (exact) mass is 454 g/mol. The van der Waals surface area contributed by atoms with Crippen LogP contribution in [0.4, 0.5) is 27.8 Å². The summed E-state index contributed by atoms with van der Waals surface area (Å²) in [6.07, 6.45) is -5.27. The number of rotatable bonds is 3. The summed E-state index contributed by atoms with van der Waals surface area (Å²) in [5.41, 5.74) is 0.333. The first-order chi connectivity index (χ1) is 15.0. The van der Waals surface area contributed by atoms with Crippen LogP contribution in [0.25, 0.3) is 16.9 Å². The van der Waals surface area contributed by atoms with Crippen molar-refractivity contribution in [3.8, 4) is 11.3 Å². The maximum atomic E-state index is 14.6. The molecule has 3 heterocycles. The van der Waals surface area contributed by atoms with Gasteiger partial charge in [0.05, 0.1) is 25.3 Å². The summed E-state index contributed by atoms with van der Waals surface area (Å²) in [7, 11) is 0. The standard InChI is InChI=1S/C21H19F5N4O2/c1-11-12(2)27-19-18(15-4-3-13(22)7-16(15)23)28-17(10-30(19)20(11)31)29-5-6-32-14(9-29)8-21(24,25)26/h3-4,7,10,14H,5-6,8-9H2,1-2H3. The van der Waals surface area contributed by atoms with Crippen molar-refractivity contribution in [2.45, 2.75) is 32.5 Å². The molecule has 1 aliphatic heterocycles. The molecule has 0 amide bonds. The minimum absolute atomic E-state index is 0.0148. The van der Waals surface area contributed by atoms with Crippen LogP contribution >= 0.6 is 0 Å². The lowest BCUT2D eigenvalue weighted by atomic mass is 10.1. The summed E-state index contributed by atoms with van der Waals surface area (Å²) in [4.78, 5) is 23.3. The fraction of sp³-hybridized carbons (Fsp3) is 0.381. The van der Waals surface area contributed by atoms with Crippen LogP contribution in [-0.2, 0) is 4.74 Å². The molecule has 0 N–H and O–H groups in total. The Morgan fingerprint density at radius 1 is 1.19 bits per heavy atom. The summed E-state index contributed by atoms with van der Waals surface area (Å²) in [5.74, 6) is -1.52. The highest BCUT2D eigenvalue weighted by atomic mass is 19.4. The molecular formula is C21H19F5N4O2. The molecule has 0 saturated carbocycles. The van der Waals surface area contributed by atoms with Gasteiger partial charge in [-0.25, -0.2) is 18.7 Å². The normalized spacial score (nSPS) is 17.2.